The Kier molecular flexibility index (Phi) is 5.14. The minimum Gasteiger partial charge on any atom is -0.496 e. The predicted molar refractivity (Wildman–Crippen MR) is 76.7 cm³/mol. The van der Waals surface area contributed by atoms with Gasteiger partial charge in [-0.3, -0.25) is 4.79 Å². The van der Waals surface area contributed by atoms with Crippen LogP contribution in [0.15, 0.2) is 18.2 Å². The molecule has 1 aliphatic heterocycles. The lowest BCUT2D eigenvalue weighted by Gasteiger charge is -2.21. The summed E-state index contributed by atoms with van der Waals surface area (Å²) in [6.07, 6.45) is 0. The van der Waals surface area contributed by atoms with E-state index in [1.807, 2.05) is 0 Å². The lowest BCUT2D eigenvalue weighted by atomic mass is 10.0. The first-order valence-electron chi connectivity index (χ1n) is 6.95. The van der Waals surface area contributed by atoms with E-state index in [1.165, 1.54) is 19.2 Å². The number of rotatable bonds is 5. The van der Waals surface area contributed by atoms with Crippen LogP contribution >= 0.6 is 0 Å². The van der Waals surface area contributed by atoms with Crippen molar-refractivity contribution in [2.45, 2.75) is 19.0 Å². The number of methoxy groups -OCH3 is 1. The van der Waals surface area contributed by atoms with Gasteiger partial charge < -0.3 is 20.1 Å². The van der Waals surface area contributed by atoms with Crippen molar-refractivity contribution in [3.05, 3.63) is 29.6 Å². The minimum absolute atomic E-state index is 0.00612. The van der Waals surface area contributed by atoms with Crippen LogP contribution in [0.2, 0.25) is 0 Å². The maximum Gasteiger partial charge on any atom is 0.227 e. The van der Waals surface area contributed by atoms with Gasteiger partial charge in [0, 0.05) is 11.6 Å². The average molecular weight is 296 g/mol. The summed E-state index contributed by atoms with van der Waals surface area (Å²) in [6.45, 7) is 2.72. The quantitative estimate of drug-likeness (QED) is 0.858. The highest BCUT2D eigenvalue weighted by Gasteiger charge is 2.33. The zero-order chi connectivity index (χ0) is 15.4. The van der Waals surface area contributed by atoms with Crippen LogP contribution in [0.3, 0.4) is 0 Å². The van der Waals surface area contributed by atoms with Crippen LogP contribution in [-0.2, 0) is 9.53 Å². The van der Waals surface area contributed by atoms with Crippen molar-refractivity contribution in [3.8, 4) is 5.75 Å². The molecule has 0 bridgehead atoms. The summed E-state index contributed by atoms with van der Waals surface area (Å²) in [6, 6.07) is 3.93. The molecule has 1 aromatic carbocycles. The third-order valence-electron chi connectivity index (χ3n) is 3.81. The summed E-state index contributed by atoms with van der Waals surface area (Å²) >= 11 is 0. The number of carbonyl (C=O) groups is 1. The van der Waals surface area contributed by atoms with Gasteiger partial charge in [0.25, 0.3) is 0 Å². The van der Waals surface area contributed by atoms with Crippen LogP contribution in [0, 0.1) is 11.7 Å². The normalized spacial score (nSPS) is 22.9. The standard InChI is InChI=1S/C15H21FN2O3/c1-9(11-6-10(16)4-5-14(11)20-3)18-15(19)12-7-21-8-13(12)17-2/h4-6,9,12-13,17H,7-8H2,1-3H3,(H,18,19). The molecule has 1 saturated heterocycles. The van der Waals surface area contributed by atoms with Crippen molar-refractivity contribution < 1.29 is 18.7 Å². The summed E-state index contributed by atoms with van der Waals surface area (Å²) in [5.41, 5.74) is 0.616. The molecule has 5 nitrogen and oxygen atoms in total. The Balaban J connectivity index is 2.09. The number of nitrogens with one attached hydrogen (secondary N) is 2. The van der Waals surface area contributed by atoms with Crippen LogP contribution in [0.4, 0.5) is 4.39 Å². The van der Waals surface area contributed by atoms with Gasteiger partial charge >= 0.3 is 0 Å². The molecule has 1 heterocycles. The van der Waals surface area contributed by atoms with E-state index < -0.39 is 0 Å². The van der Waals surface area contributed by atoms with Crippen LogP contribution in [0.1, 0.15) is 18.5 Å². The molecule has 0 aromatic heterocycles. The van der Waals surface area contributed by atoms with E-state index in [2.05, 4.69) is 10.6 Å². The van der Waals surface area contributed by atoms with Crippen molar-refractivity contribution in [2.75, 3.05) is 27.4 Å². The molecule has 0 spiro atoms. The van der Waals surface area contributed by atoms with Crippen LogP contribution in [0.25, 0.3) is 0 Å². The fourth-order valence-corrected chi connectivity index (χ4v) is 2.54. The molecule has 1 amide bonds. The second kappa shape index (κ2) is 6.87. The smallest absolute Gasteiger partial charge is 0.227 e. The minimum atomic E-state index is -0.357. The van der Waals surface area contributed by atoms with Crippen molar-refractivity contribution >= 4 is 5.91 Å². The number of amides is 1. The first kappa shape index (κ1) is 15.7. The largest absolute Gasteiger partial charge is 0.496 e. The Morgan fingerprint density at radius 1 is 1.48 bits per heavy atom. The van der Waals surface area contributed by atoms with Crippen LogP contribution in [0.5, 0.6) is 5.75 Å². The molecule has 0 saturated carbocycles. The zero-order valence-corrected chi connectivity index (χ0v) is 12.5. The third-order valence-corrected chi connectivity index (χ3v) is 3.81. The molecule has 21 heavy (non-hydrogen) atoms. The molecule has 0 radical (unpaired) electrons. The van der Waals surface area contributed by atoms with Gasteiger partial charge in [-0.2, -0.15) is 0 Å². The van der Waals surface area contributed by atoms with Crippen molar-refractivity contribution in [2.24, 2.45) is 5.92 Å². The van der Waals surface area contributed by atoms with Crippen molar-refractivity contribution in [1.29, 1.82) is 0 Å². The van der Waals surface area contributed by atoms with Crippen LogP contribution in [-0.4, -0.2) is 39.3 Å². The van der Waals surface area contributed by atoms with E-state index in [9.17, 15) is 9.18 Å². The van der Waals surface area contributed by atoms with Gasteiger partial charge in [-0.05, 0) is 32.2 Å². The number of carbonyl (C=O) groups excluding carboxylic acids is 1. The molecule has 2 rings (SSSR count). The first-order chi connectivity index (χ1) is 10.1. The molecular weight excluding hydrogens is 275 g/mol. The van der Waals surface area contributed by atoms with Gasteiger partial charge in [-0.25, -0.2) is 4.39 Å². The third kappa shape index (κ3) is 3.51. The summed E-state index contributed by atoms with van der Waals surface area (Å²) in [7, 11) is 3.33. The second-order valence-electron chi connectivity index (χ2n) is 5.16. The van der Waals surface area contributed by atoms with Gasteiger partial charge in [-0.1, -0.05) is 0 Å². The number of halogens is 1. The molecule has 6 heteroatoms. The lowest BCUT2D eigenvalue weighted by molar-refractivity contribution is -0.126. The Bertz CT molecular complexity index is 510. The fourth-order valence-electron chi connectivity index (χ4n) is 2.54. The van der Waals surface area contributed by atoms with Crippen molar-refractivity contribution in [1.82, 2.24) is 10.6 Å². The highest BCUT2D eigenvalue weighted by atomic mass is 19.1. The van der Waals surface area contributed by atoms with E-state index in [0.29, 0.717) is 24.5 Å². The van der Waals surface area contributed by atoms with E-state index in [-0.39, 0.29) is 29.7 Å². The molecule has 3 unspecified atom stereocenters. The lowest BCUT2D eigenvalue weighted by Crippen LogP contribution is -2.43. The summed E-state index contributed by atoms with van der Waals surface area (Å²) in [5.74, 6) is -0.149. The molecule has 116 valence electrons. The predicted octanol–water partition coefficient (Wildman–Crippen LogP) is 1.25. The van der Waals surface area contributed by atoms with E-state index in [0.717, 1.165) is 0 Å². The van der Waals surface area contributed by atoms with Gasteiger partial charge in [0.05, 0.1) is 32.3 Å². The topological polar surface area (TPSA) is 59.6 Å². The number of likely N-dealkylation sites (N-methyl/N-ethyl adjacent to an activating group) is 1. The number of benzene rings is 1. The molecule has 2 N–H and O–H groups in total. The monoisotopic (exact) mass is 296 g/mol. The van der Waals surface area contributed by atoms with Crippen molar-refractivity contribution in [3.63, 3.8) is 0 Å². The first-order valence-corrected chi connectivity index (χ1v) is 6.95. The second-order valence-corrected chi connectivity index (χ2v) is 5.16. The summed E-state index contributed by atoms with van der Waals surface area (Å²) in [4.78, 5) is 12.3. The molecule has 3 atom stereocenters. The fraction of sp³-hybridized carbons (Fsp3) is 0.533. The Morgan fingerprint density at radius 2 is 2.24 bits per heavy atom. The molecule has 1 aliphatic rings. The number of ether oxygens (including phenoxy) is 2. The van der Waals surface area contributed by atoms with Gasteiger partial charge in [0.1, 0.15) is 11.6 Å². The Morgan fingerprint density at radius 3 is 2.90 bits per heavy atom. The molecule has 1 fully saturated rings. The van der Waals surface area contributed by atoms with E-state index in [4.69, 9.17) is 9.47 Å². The van der Waals surface area contributed by atoms with E-state index in [1.54, 1.807) is 20.0 Å². The summed E-state index contributed by atoms with van der Waals surface area (Å²) in [5, 5.41) is 5.97. The maximum atomic E-state index is 13.4. The maximum absolute atomic E-state index is 13.4. The molecule has 0 aliphatic carbocycles. The number of hydrogen-bond donors (Lipinski definition) is 2. The highest BCUT2D eigenvalue weighted by molar-refractivity contribution is 5.80. The van der Waals surface area contributed by atoms with Crippen LogP contribution < -0.4 is 15.4 Å². The van der Waals surface area contributed by atoms with Gasteiger partial charge in [0.2, 0.25) is 5.91 Å². The van der Waals surface area contributed by atoms with Gasteiger partial charge in [0.15, 0.2) is 0 Å². The molecular formula is C15H21FN2O3. The highest BCUT2D eigenvalue weighted by Crippen LogP contribution is 2.26. The zero-order valence-electron chi connectivity index (χ0n) is 12.5. The number of hydrogen-bond acceptors (Lipinski definition) is 4. The summed E-state index contributed by atoms with van der Waals surface area (Å²) < 4.78 is 23.9. The van der Waals surface area contributed by atoms with E-state index >= 15 is 0 Å². The Labute approximate surface area is 123 Å². The SMILES string of the molecule is CNC1COCC1C(=O)NC(C)c1cc(F)ccc1OC. The Hall–Kier alpha value is -1.66. The van der Waals surface area contributed by atoms with Gasteiger partial charge in [-0.15, -0.1) is 0 Å². The average Bonchev–Trinajstić information content (AvgIpc) is 2.95. The molecule has 1 aromatic rings.